The van der Waals surface area contributed by atoms with Gasteiger partial charge in [0.15, 0.2) is 0 Å². The summed E-state index contributed by atoms with van der Waals surface area (Å²) in [5.41, 5.74) is 1.01. The number of fused-ring (bicyclic) bond motifs is 1. The van der Waals surface area contributed by atoms with E-state index < -0.39 is 0 Å². The summed E-state index contributed by atoms with van der Waals surface area (Å²) in [7, 11) is 0. The molecule has 2 rings (SSSR count). The second kappa shape index (κ2) is 2.65. The number of carbonyl (C=O) groups excluding carboxylic acids is 1. The van der Waals surface area contributed by atoms with E-state index in [4.69, 9.17) is 0 Å². The van der Waals surface area contributed by atoms with Crippen LogP contribution in [-0.2, 0) is 4.79 Å². The molecule has 2 aliphatic rings. The summed E-state index contributed by atoms with van der Waals surface area (Å²) in [5, 5.41) is 0. The average Bonchev–Trinajstić information content (AvgIpc) is 2.50. The second-order valence-electron chi connectivity index (χ2n) is 3.37. The highest BCUT2D eigenvalue weighted by molar-refractivity contribution is 5.75. The molecule has 1 saturated carbocycles. The van der Waals surface area contributed by atoms with Gasteiger partial charge >= 0.3 is 0 Å². The zero-order valence-corrected chi connectivity index (χ0v) is 6.49. The van der Waals surface area contributed by atoms with Gasteiger partial charge in [0.25, 0.3) is 0 Å². The number of hydrogen-bond acceptors (Lipinski definition) is 1. The molecule has 0 saturated heterocycles. The zero-order chi connectivity index (χ0) is 7.68. The lowest BCUT2D eigenvalue weighted by Gasteiger charge is -2.18. The molecule has 0 aromatic heterocycles. The molecule has 0 aliphatic heterocycles. The van der Waals surface area contributed by atoms with Crippen LogP contribution in [-0.4, -0.2) is 6.29 Å². The highest BCUT2D eigenvalue weighted by Crippen LogP contribution is 2.38. The molecule has 2 aliphatic carbocycles. The van der Waals surface area contributed by atoms with Crippen LogP contribution in [0.2, 0.25) is 0 Å². The van der Waals surface area contributed by atoms with Crippen molar-refractivity contribution in [3.05, 3.63) is 23.8 Å². The lowest BCUT2D eigenvalue weighted by atomic mass is 9.85. The monoisotopic (exact) mass is 148 g/mol. The third-order valence-corrected chi connectivity index (χ3v) is 2.78. The van der Waals surface area contributed by atoms with Gasteiger partial charge in [-0.2, -0.15) is 0 Å². The number of carbonyl (C=O) groups is 1. The number of aldehydes is 1. The molecule has 0 aromatic rings. The van der Waals surface area contributed by atoms with Gasteiger partial charge in [-0.25, -0.2) is 0 Å². The Bertz CT molecular complexity index is 225. The maximum Gasteiger partial charge on any atom is 0.146 e. The predicted octanol–water partition coefficient (Wildman–Crippen LogP) is 2.10. The van der Waals surface area contributed by atoms with Gasteiger partial charge in [0, 0.05) is 0 Å². The summed E-state index contributed by atoms with van der Waals surface area (Å²) < 4.78 is 0. The van der Waals surface area contributed by atoms with Gasteiger partial charge in [-0.1, -0.05) is 24.6 Å². The smallest absolute Gasteiger partial charge is 0.146 e. The number of allylic oxidation sites excluding steroid dienone is 4. The van der Waals surface area contributed by atoms with E-state index in [0.717, 1.165) is 11.9 Å². The second-order valence-corrected chi connectivity index (χ2v) is 3.37. The van der Waals surface area contributed by atoms with Gasteiger partial charge < -0.3 is 0 Å². The number of rotatable bonds is 1. The normalized spacial score (nSPS) is 34.7. The summed E-state index contributed by atoms with van der Waals surface area (Å²) in [6.07, 6.45) is 11.0. The Morgan fingerprint density at radius 1 is 1.45 bits per heavy atom. The molecule has 0 amide bonds. The number of hydrogen-bond donors (Lipinski definition) is 0. The summed E-state index contributed by atoms with van der Waals surface area (Å²) in [4.78, 5) is 10.6. The molecule has 1 nitrogen and oxygen atoms in total. The molecule has 11 heavy (non-hydrogen) atoms. The Balaban J connectivity index is 2.26. The van der Waals surface area contributed by atoms with Crippen molar-refractivity contribution in [2.75, 3.05) is 0 Å². The lowest BCUT2D eigenvalue weighted by Crippen LogP contribution is -2.11. The van der Waals surface area contributed by atoms with Gasteiger partial charge in [0.2, 0.25) is 0 Å². The van der Waals surface area contributed by atoms with Gasteiger partial charge in [-0.05, 0) is 30.3 Å². The topological polar surface area (TPSA) is 17.1 Å². The highest BCUT2D eigenvalue weighted by atomic mass is 16.1. The molecule has 0 aromatic carbocycles. The van der Waals surface area contributed by atoms with Crippen LogP contribution in [0.5, 0.6) is 0 Å². The Labute approximate surface area is 66.8 Å². The van der Waals surface area contributed by atoms with Crippen molar-refractivity contribution in [1.29, 1.82) is 0 Å². The molecule has 58 valence electrons. The fourth-order valence-electron chi connectivity index (χ4n) is 2.19. The van der Waals surface area contributed by atoms with Gasteiger partial charge in [-0.3, -0.25) is 4.79 Å². The van der Waals surface area contributed by atoms with E-state index in [2.05, 4.69) is 6.08 Å². The van der Waals surface area contributed by atoms with Crippen LogP contribution in [0, 0.1) is 11.8 Å². The van der Waals surface area contributed by atoms with Gasteiger partial charge in [0.05, 0.1) is 0 Å². The minimum atomic E-state index is 0.553. The van der Waals surface area contributed by atoms with Crippen molar-refractivity contribution >= 4 is 6.29 Å². The van der Waals surface area contributed by atoms with Crippen molar-refractivity contribution < 1.29 is 4.79 Å². The van der Waals surface area contributed by atoms with Crippen LogP contribution in [0.15, 0.2) is 23.8 Å². The SMILES string of the molecule is O=CC1=CC=C[C@H]2CCC[C@@H]12. The molecule has 0 bridgehead atoms. The lowest BCUT2D eigenvalue weighted by molar-refractivity contribution is -0.105. The summed E-state index contributed by atoms with van der Waals surface area (Å²) in [6.45, 7) is 0. The maximum atomic E-state index is 10.6. The third-order valence-electron chi connectivity index (χ3n) is 2.78. The van der Waals surface area contributed by atoms with Crippen molar-refractivity contribution in [2.45, 2.75) is 19.3 Å². The van der Waals surface area contributed by atoms with Gasteiger partial charge in [0.1, 0.15) is 6.29 Å². The van der Waals surface area contributed by atoms with Crippen molar-refractivity contribution in [3.8, 4) is 0 Å². The highest BCUT2D eigenvalue weighted by Gasteiger charge is 2.29. The molecular formula is C10H12O. The van der Waals surface area contributed by atoms with Crippen LogP contribution < -0.4 is 0 Å². The molecule has 0 heterocycles. The molecule has 0 spiro atoms. The molecular weight excluding hydrogens is 136 g/mol. The first kappa shape index (κ1) is 6.84. The standard InChI is InChI=1S/C10H12O/c11-7-9-5-1-3-8-4-2-6-10(8)9/h1,3,5,7-8,10H,2,4,6H2/t8-,10+/m0/s1. The van der Waals surface area contributed by atoms with Crippen LogP contribution >= 0.6 is 0 Å². The Kier molecular flexibility index (Phi) is 1.65. The van der Waals surface area contributed by atoms with E-state index in [9.17, 15) is 4.79 Å². The van der Waals surface area contributed by atoms with Crippen LogP contribution in [0.1, 0.15) is 19.3 Å². The minimum absolute atomic E-state index is 0.553. The largest absolute Gasteiger partial charge is 0.298 e. The fourth-order valence-corrected chi connectivity index (χ4v) is 2.19. The summed E-state index contributed by atoms with van der Waals surface area (Å²) >= 11 is 0. The summed E-state index contributed by atoms with van der Waals surface area (Å²) in [5.74, 6) is 1.22. The van der Waals surface area contributed by atoms with Crippen LogP contribution in [0.3, 0.4) is 0 Å². The first-order valence-corrected chi connectivity index (χ1v) is 4.25. The van der Waals surface area contributed by atoms with Gasteiger partial charge in [-0.15, -0.1) is 0 Å². The predicted molar refractivity (Wildman–Crippen MR) is 44.1 cm³/mol. The first-order chi connectivity index (χ1) is 5.42. The first-order valence-electron chi connectivity index (χ1n) is 4.25. The van der Waals surface area contributed by atoms with E-state index >= 15 is 0 Å². The average molecular weight is 148 g/mol. The van der Waals surface area contributed by atoms with E-state index in [-0.39, 0.29) is 0 Å². The van der Waals surface area contributed by atoms with Crippen molar-refractivity contribution in [2.24, 2.45) is 11.8 Å². The van der Waals surface area contributed by atoms with Crippen LogP contribution in [0.25, 0.3) is 0 Å². The molecule has 1 heteroatoms. The zero-order valence-electron chi connectivity index (χ0n) is 6.49. The minimum Gasteiger partial charge on any atom is -0.298 e. The molecule has 1 fully saturated rings. The summed E-state index contributed by atoms with van der Waals surface area (Å²) in [6, 6.07) is 0. The van der Waals surface area contributed by atoms with E-state index in [1.54, 1.807) is 0 Å². The quantitative estimate of drug-likeness (QED) is 0.520. The third kappa shape index (κ3) is 1.05. The molecule has 0 unspecified atom stereocenters. The van der Waals surface area contributed by atoms with E-state index in [1.165, 1.54) is 19.3 Å². The molecule has 2 atom stereocenters. The molecule has 0 radical (unpaired) electrons. The Morgan fingerprint density at radius 2 is 2.36 bits per heavy atom. The Morgan fingerprint density at radius 3 is 3.18 bits per heavy atom. The van der Waals surface area contributed by atoms with E-state index in [1.807, 2.05) is 12.2 Å². The Hall–Kier alpha value is -0.850. The van der Waals surface area contributed by atoms with Crippen LogP contribution in [0.4, 0.5) is 0 Å². The van der Waals surface area contributed by atoms with Crippen molar-refractivity contribution in [1.82, 2.24) is 0 Å². The molecule has 0 N–H and O–H groups in total. The fraction of sp³-hybridized carbons (Fsp3) is 0.500. The maximum absolute atomic E-state index is 10.6. The van der Waals surface area contributed by atoms with E-state index in [0.29, 0.717) is 11.8 Å². The van der Waals surface area contributed by atoms with Crippen molar-refractivity contribution in [3.63, 3.8) is 0 Å².